The van der Waals surface area contributed by atoms with Gasteiger partial charge in [-0.1, -0.05) is 28.7 Å². The Kier molecular flexibility index (Phi) is 4.85. The number of alkyl halides is 1. The molecular formula is C11H13IO4. The Morgan fingerprint density at radius 2 is 1.81 bits per heavy atom. The van der Waals surface area contributed by atoms with Crippen LogP contribution in [0.1, 0.15) is 9.49 Å². The van der Waals surface area contributed by atoms with E-state index in [0.29, 0.717) is 11.5 Å². The van der Waals surface area contributed by atoms with E-state index in [1.54, 1.807) is 26.4 Å². The molecule has 1 atom stereocenters. The van der Waals surface area contributed by atoms with Crippen LogP contribution < -0.4 is 9.47 Å². The van der Waals surface area contributed by atoms with Crippen molar-refractivity contribution in [2.45, 2.75) is 3.92 Å². The molecule has 1 aromatic carbocycles. The summed E-state index contributed by atoms with van der Waals surface area (Å²) in [6, 6.07) is 5.35. The molecule has 5 heteroatoms. The van der Waals surface area contributed by atoms with Gasteiger partial charge in [0.05, 0.1) is 21.3 Å². The van der Waals surface area contributed by atoms with Crippen molar-refractivity contribution < 1.29 is 19.0 Å². The molecular weight excluding hydrogens is 323 g/mol. The van der Waals surface area contributed by atoms with Gasteiger partial charge in [-0.15, -0.1) is 0 Å². The molecule has 0 N–H and O–H groups in total. The van der Waals surface area contributed by atoms with Crippen LogP contribution in [-0.2, 0) is 9.53 Å². The second-order valence-electron chi connectivity index (χ2n) is 3.00. The van der Waals surface area contributed by atoms with Crippen molar-refractivity contribution in [1.29, 1.82) is 0 Å². The Bertz CT molecular complexity index is 378. The lowest BCUT2D eigenvalue weighted by Gasteiger charge is -2.12. The van der Waals surface area contributed by atoms with Gasteiger partial charge in [-0.05, 0) is 17.7 Å². The van der Waals surface area contributed by atoms with E-state index in [1.807, 2.05) is 28.7 Å². The van der Waals surface area contributed by atoms with Crippen LogP contribution in [0.15, 0.2) is 18.2 Å². The molecule has 0 saturated carbocycles. The molecule has 0 saturated heterocycles. The third-order valence-electron chi connectivity index (χ3n) is 2.11. The number of halogens is 1. The number of rotatable bonds is 4. The van der Waals surface area contributed by atoms with Crippen LogP contribution in [0.2, 0.25) is 0 Å². The normalized spacial score (nSPS) is 11.8. The minimum absolute atomic E-state index is 0.284. The lowest BCUT2D eigenvalue weighted by molar-refractivity contribution is -0.139. The third-order valence-corrected chi connectivity index (χ3v) is 3.34. The number of hydrogen-bond acceptors (Lipinski definition) is 4. The molecule has 0 aliphatic heterocycles. The van der Waals surface area contributed by atoms with Crippen molar-refractivity contribution in [1.82, 2.24) is 0 Å². The number of esters is 1. The molecule has 16 heavy (non-hydrogen) atoms. The van der Waals surface area contributed by atoms with E-state index in [4.69, 9.17) is 9.47 Å². The largest absolute Gasteiger partial charge is 0.493 e. The van der Waals surface area contributed by atoms with Crippen molar-refractivity contribution in [2.24, 2.45) is 0 Å². The standard InChI is InChI=1S/C11H13IO4/c1-14-8-5-4-7(6-9(8)15-2)10(12)11(13)16-3/h4-6,10H,1-3H3. The van der Waals surface area contributed by atoms with Gasteiger partial charge in [-0.25, -0.2) is 0 Å². The maximum absolute atomic E-state index is 11.4. The molecule has 0 amide bonds. The summed E-state index contributed by atoms with van der Waals surface area (Å²) in [5.41, 5.74) is 0.824. The van der Waals surface area contributed by atoms with E-state index in [1.165, 1.54) is 7.11 Å². The lowest BCUT2D eigenvalue weighted by atomic mass is 10.1. The number of methoxy groups -OCH3 is 3. The average Bonchev–Trinajstić information content (AvgIpc) is 2.35. The van der Waals surface area contributed by atoms with Crippen LogP contribution in [0.3, 0.4) is 0 Å². The summed E-state index contributed by atoms with van der Waals surface area (Å²) in [7, 11) is 4.50. The van der Waals surface area contributed by atoms with Gasteiger partial charge >= 0.3 is 5.97 Å². The molecule has 4 nitrogen and oxygen atoms in total. The van der Waals surface area contributed by atoms with E-state index in [9.17, 15) is 4.79 Å². The van der Waals surface area contributed by atoms with Crippen LogP contribution in [0.4, 0.5) is 0 Å². The van der Waals surface area contributed by atoms with E-state index in [2.05, 4.69) is 4.74 Å². The summed E-state index contributed by atoms with van der Waals surface area (Å²) < 4.78 is 14.6. The minimum Gasteiger partial charge on any atom is -0.493 e. The maximum Gasteiger partial charge on any atom is 0.323 e. The fourth-order valence-electron chi connectivity index (χ4n) is 1.25. The lowest BCUT2D eigenvalue weighted by Crippen LogP contribution is -2.08. The molecule has 0 aliphatic carbocycles. The van der Waals surface area contributed by atoms with Gasteiger partial charge in [0, 0.05) is 0 Å². The van der Waals surface area contributed by atoms with Crippen LogP contribution >= 0.6 is 22.6 Å². The van der Waals surface area contributed by atoms with Crippen molar-refractivity contribution in [3.63, 3.8) is 0 Å². The van der Waals surface area contributed by atoms with Gasteiger partial charge in [0.2, 0.25) is 0 Å². The third kappa shape index (κ3) is 2.78. The number of ether oxygens (including phenoxy) is 3. The summed E-state index contributed by atoms with van der Waals surface area (Å²) in [6.07, 6.45) is 0. The monoisotopic (exact) mass is 336 g/mol. The van der Waals surface area contributed by atoms with Gasteiger partial charge < -0.3 is 14.2 Å². The Morgan fingerprint density at radius 1 is 1.19 bits per heavy atom. The SMILES string of the molecule is COC(=O)C(I)c1ccc(OC)c(OC)c1. The molecule has 0 fully saturated rings. The van der Waals surface area contributed by atoms with E-state index in [0.717, 1.165) is 5.56 Å². The van der Waals surface area contributed by atoms with Crippen molar-refractivity contribution in [2.75, 3.05) is 21.3 Å². The van der Waals surface area contributed by atoms with E-state index < -0.39 is 0 Å². The second-order valence-corrected chi connectivity index (χ2v) is 4.25. The summed E-state index contributed by atoms with van der Waals surface area (Å²) in [5, 5.41) is 0. The van der Waals surface area contributed by atoms with Crippen LogP contribution in [-0.4, -0.2) is 27.3 Å². The highest BCUT2D eigenvalue weighted by atomic mass is 127. The Morgan fingerprint density at radius 3 is 2.31 bits per heavy atom. The van der Waals surface area contributed by atoms with Gasteiger partial charge in [0.25, 0.3) is 0 Å². The summed E-state index contributed by atoms with van der Waals surface area (Å²) in [4.78, 5) is 11.4. The zero-order chi connectivity index (χ0) is 12.1. The molecule has 88 valence electrons. The van der Waals surface area contributed by atoms with Crippen molar-refractivity contribution in [3.05, 3.63) is 23.8 Å². The minimum atomic E-state index is -0.345. The van der Waals surface area contributed by atoms with Crippen molar-refractivity contribution >= 4 is 28.6 Å². The quantitative estimate of drug-likeness (QED) is 0.481. The van der Waals surface area contributed by atoms with Crippen LogP contribution in [0, 0.1) is 0 Å². The molecule has 0 heterocycles. The zero-order valence-electron chi connectivity index (χ0n) is 9.32. The average molecular weight is 336 g/mol. The zero-order valence-corrected chi connectivity index (χ0v) is 11.5. The Hall–Kier alpha value is -0.980. The smallest absolute Gasteiger partial charge is 0.323 e. The van der Waals surface area contributed by atoms with E-state index in [-0.39, 0.29) is 9.89 Å². The molecule has 0 aliphatic rings. The van der Waals surface area contributed by atoms with Gasteiger partial charge in [-0.2, -0.15) is 0 Å². The number of hydrogen-bond donors (Lipinski definition) is 0. The first-order valence-corrected chi connectivity index (χ1v) is 5.82. The highest BCUT2D eigenvalue weighted by Crippen LogP contribution is 2.33. The second kappa shape index (κ2) is 5.93. The van der Waals surface area contributed by atoms with E-state index >= 15 is 0 Å². The number of carbonyl (C=O) groups excluding carboxylic acids is 1. The molecule has 1 rings (SSSR count). The van der Waals surface area contributed by atoms with Gasteiger partial charge in [0.15, 0.2) is 11.5 Å². The van der Waals surface area contributed by atoms with Crippen LogP contribution in [0.25, 0.3) is 0 Å². The Labute approximate surface area is 108 Å². The topological polar surface area (TPSA) is 44.8 Å². The maximum atomic E-state index is 11.4. The first-order chi connectivity index (χ1) is 7.63. The predicted octanol–water partition coefficient (Wildman–Crippen LogP) is 2.35. The number of carbonyl (C=O) groups is 1. The molecule has 0 spiro atoms. The summed E-state index contributed by atoms with van der Waals surface area (Å²) >= 11 is 2.02. The highest BCUT2D eigenvalue weighted by Gasteiger charge is 2.19. The molecule has 1 unspecified atom stereocenters. The van der Waals surface area contributed by atoms with Gasteiger partial charge in [-0.3, -0.25) is 4.79 Å². The molecule has 0 bridgehead atoms. The fourth-order valence-corrected chi connectivity index (χ4v) is 1.89. The molecule has 1 aromatic rings. The first-order valence-electron chi connectivity index (χ1n) is 4.57. The Balaban J connectivity index is 3.03. The van der Waals surface area contributed by atoms with Gasteiger partial charge in [0.1, 0.15) is 3.92 Å². The van der Waals surface area contributed by atoms with Crippen molar-refractivity contribution in [3.8, 4) is 11.5 Å². The predicted molar refractivity (Wildman–Crippen MR) is 68.3 cm³/mol. The summed E-state index contributed by atoms with van der Waals surface area (Å²) in [6.45, 7) is 0. The summed E-state index contributed by atoms with van der Waals surface area (Å²) in [5.74, 6) is 0.957. The number of benzene rings is 1. The molecule has 0 radical (unpaired) electrons. The first kappa shape index (κ1) is 13.1. The van der Waals surface area contributed by atoms with Crippen LogP contribution in [0.5, 0.6) is 11.5 Å². The highest BCUT2D eigenvalue weighted by molar-refractivity contribution is 14.1. The fraction of sp³-hybridized carbons (Fsp3) is 0.364. The molecule has 0 aromatic heterocycles.